The number of hydrogen-bond donors (Lipinski definition) is 3. The smallest absolute Gasteiger partial charge is 0.315 e. The topological polar surface area (TPSA) is 70.2 Å². The van der Waals surface area contributed by atoms with Crippen molar-refractivity contribution in [2.24, 2.45) is 17.8 Å². The molecule has 0 radical (unpaired) electrons. The van der Waals surface area contributed by atoms with Crippen LogP contribution < -0.4 is 16.0 Å². The molecule has 3 amide bonds. The highest BCUT2D eigenvalue weighted by Gasteiger charge is 2.42. The summed E-state index contributed by atoms with van der Waals surface area (Å²) >= 11 is 0. The van der Waals surface area contributed by atoms with Gasteiger partial charge in [0.25, 0.3) is 0 Å². The summed E-state index contributed by atoms with van der Waals surface area (Å²) in [6.45, 7) is 1.03. The van der Waals surface area contributed by atoms with Crippen molar-refractivity contribution in [1.29, 1.82) is 0 Å². The van der Waals surface area contributed by atoms with Crippen LogP contribution in [0.1, 0.15) is 51.4 Å². The highest BCUT2D eigenvalue weighted by atomic mass is 16.2. The van der Waals surface area contributed by atoms with Gasteiger partial charge in [0, 0.05) is 25.0 Å². The van der Waals surface area contributed by atoms with Crippen LogP contribution in [0.2, 0.25) is 0 Å². The number of amides is 3. The molecule has 0 aromatic heterocycles. The molecule has 5 nitrogen and oxygen atoms in total. The first kappa shape index (κ1) is 14.7. The molecule has 3 saturated carbocycles. The molecule has 118 valence electrons. The summed E-state index contributed by atoms with van der Waals surface area (Å²) in [5, 5.41) is 8.90. The SMILES string of the molecule is O=C(NCCNC(=O)C1CCCC1)NC(C1CC1)C1CC1. The minimum absolute atomic E-state index is 0.0751. The molecule has 5 heteroatoms. The Morgan fingerprint density at radius 2 is 1.43 bits per heavy atom. The molecule has 0 unspecified atom stereocenters. The molecule has 3 aliphatic carbocycles. The van der Waals surface area contributed by atoms with E-state index in [0.717, 1.165) is 12.8 Å². The van der Waals surface area contributed by atoms with Crippen molar-refractivity contribution in [3.63, 3.8) is 0 Å². The summed E-state index contributed by atoms with van der Waals surface area (Å²) in [6, 6.07) is 0.312. The molecule has 0 atom stereocenters. The second-order valence-electron chi connectivity index (χ2n) is 6.87. The van der Waals surface area contributed by atoms with E-state index in [0.29, 0.717) is 31.0 Å². The number of carbonyl (C=O) groups excluding carboxylic acids is 2. The minimum atomic E-state index is -0.0751. The molecule has 0 spiro atoms. The number of hydrogen-bond acceptors (Lipinski definition) is 2. The largest absolute Gasteiger partial charge is 0.354 e. The van der Waals surface area contributed by atoms with E-state index in [2.05, 4.69) is 16.0 Å². The normalized spacial score (nSPS) is 22.3. The summed E-state index contributed by atoms with van der Waals surface area (Å²) in [5.74, 6) is 1.78. The Labute approximate surface area is 126 Å². The first-order valence-corrected chi connectivity index (χ1v) is 8.56. The molecule has 3 rings (SSSR count). The van der Waals surface area contributed by atoms with E-state index in [1.54, 1.807) is 0 Å². The van der Waals surface area contributed by atoms with Crippen LogP contribution in [-0.4, -0.2) is 31.1 Å². The van der Waals surface area contributed by atoms with Crippen LogP contribution in [0.25, 0.3) is 0 Å². The number of rotatable bonds is 7. The molecular weight excluding hydrogens is 266 g/mol. The van der Waals surface area contributed by atoms with Gasteiger partial charge >= 0.3 is 6.03 Å². The van der Waals surface area contributed by atoms with Gasteiger partial charge in [-0.2, -0.15) is 0 Å². The van der Waals surface area contributed by atoms with E-state index in [-0.39, 0.29) is 17.9 Å². The lowest BCUT2D eigenvalue weighted by Crippen LogP contribution is -2.46. The highest BCUT2D eigenvalue weighted by Crippen LogP contribution is 2.44. The van der Waals surface area contributed by atoms with Gasteiger partial charge in [-0.1, -0.05) is 12.8 Å². The van der Waals surface area contributed by atoms with Crippen LogP contribution in [0.15, 0.2) is 0 Å². The Morgan fingerprint density at radius 1 is 0.857 bits per heavy atom. The second-order valence-corrected chi connectivity index (χ2v) is 6.87. The van der Waals surface area contributed by atoms with E-state index in [9.17, 15) is 9.59 Å². The van der Waals surface area contributed by atoms with Gasteiger partial charge in [0.05, 0.1) is 0 Å². The standard InChI is InChI=1S/C16H27N3O2/c20-15(13-3-1-2-4-13)17-9-10-18-16(21)19-14(11-5-6-11)12-7-8-12/h11-14H,1-10H2,(H,17,20)(H2,18,19,21). The molecular formula is C16H27N3O2. The van der Waals surface area contributed by atoms with Gasteiger partial charge in [0.2, 0.25) is 5.91 Å². The van der Waals surface area contributed by atoms with Crippen molar-refractivity contribution in [3.8, 4) is 0 Å². The van der Waals surface area contributed by atoms with E-state index >= 15 is 0 Å². The first-order valence-electron chi connectivity index (χ1n) is 8.56. The fourth-order valence-electron chi connectivity index (χ4n) is 3.43. The van der Waals surface area contributed by atoms with Crippen molar-refractivity contribution in [2.75, 3.05) is 13.1 Å². The third kappa shape index (κ3) is 4.35. The van der Waals surface area contributed by atoms with Gasteiger partial charge in [-0.25, -0.2) is 4.79 Å². The zero-order valence-electron chi connectivity index (χ0n) is 12.7. The number of carbonyl (C=O) groups is 2. The zero-order chi connectivity index (χ0) is 14.7. The minimum Gasteiger partial charge on any atom is -0.354 e. The fourth-order valence-corrected chi connectivity index (χ4v) is 3.43. The molecule has 0 aliphatic heterocycles. The van der Waals surface area contributed by atoms with Gasteiger partial charge in [-0.05, 0) is 50.4 Å². The van der Waals surface area contributed by atoms with Gasteiger partial charge in [-0.15, -0.1) is 0 Å². The Bertz CT molecular complexity index is 373. The van der Waals surface area contributed by atoms with Crippen LogP contribution in [0.3, 0.4) is 0 Å². The average Bonchev–Trinajstić information content (AvgIpc) is 3.40. The molecule has 0 aromatic carbocycles. The Kier molecular flexibility index (Phi) is 4.66. The van der Waals surface area contributed by atoms with Gasteiger partial charge in [0.15, 0.2) is 0 Å². The number of urea groups is 1. The Hall–Kier alpha value is -1.26. The van der Waals surface area contributed by atoms with Crippen LogP contribution in [0.4, 0.5) is 4.79 Å². The molecule has 3 fully saturated rings. The molecule has 0 aromatic rings. The lowest BCUT2D eigenvalue weighted by molar-refractivity contribution is -0.124. The average molecular weight is 293 g/mol. The quantitative estimate of drug-likeness (QED) is 0.626. The van der Waals surface area contributed by atoms with E-state index in [1.807, 2.05) is 0 Å². The number of nitrogens with one attached hydrogen (secondary N) is 3. The third-order valence-electron chi connectivity index (χ3n) is 4.99. The van der Waals surface area contributed by atoms with Crippen molar-refractivity contribution >= 4 is 11.9 Å². The summed E-state index contributed by atoms with van der Waals surface area (Å²) < 4.78 is 0. The predicted molar refractivity (Wildman–Crippen MR) is 80.7 cm³/mol. The monoisotopic (exact) mass is 293 g/mol. The van der Waals surface area contributed by atoms with Crippen LogP contribution in [-0.2, 0) is 4.79 Å². The Morgan fingerprint density at radius 3 is 2.00 bits per heavy atom. The Balaban J connectivity index is 1.28. The molecule has 0 heterocycles. The maximum atomic E-state index is 11.9. The molecule has 21 heavy (non-hydrogen) atoms. The third-order valence-corrected chi connectivity index (χ3v) is 4.99. The van der Waals surface area contributed by atoms with Crippen molar-refractivity contribution in [3.05, 3.63) is 0 Å². The van der Waals surface area contributed by atoms with Crippen molar-refractivity contribution in [1.82, 2.24) is 16.0 Å². The van der Waals surface area contributed by atoms with E-state index in [1.165, 1.54) is 38.5 Å². The molecule has 0 bridgehead atoms. The van der Waals surface area contributed by atoms with Gasteiger partial charge < -0.3 is 16.0 Å². The predicted octanol–water partition coefficient (Wildman–Crippen LogP) is 1.78. The van der Waals surface area contributed by atoms with Gasteiger partial charge in [0.1, 0.15) is 0 Å². The fraction of sp³-hybridized carbons (Fsp3) is 0.875. The van der Waals surface area contributed by atoms with Gasteiger partial charge in [-0.3, -0.25) is 4.79 Å². The summed E-state index contributed by atoms with van der Waals surface area (Å²) in [7, 11) is 0. The summed E-state index contributed by atoms with van der Waals surface area (Å²) in [6.07, 6.45) is 9.43. The maximum Gasteiger partial charge on any atom is 0.315 e. The first-order chi connectivity index (χ1) is 10.2. The lowest BCUT2D eigenvalue weighted by Gasteiger charge is -2.18. The van der Waals surface area contributed by atoms with Crippen LogP contribution in [0, 0.1) is 17.8 Å². The van der Waals surface area contributed by atoms with E-state index < -0.39 is 0 Å². The van der Waals surface area contributed by atoms with E-state index in [4.69, 9.17) is 0 Å². The van der Waals surface area contributed by atoms with Crippen LogP contribution >= 0.6 is 0 Å². The second kappa shape index (κ2) is 6.67. The molecule has 3 aliphatic rings. The maximum absolute atomic E-state index is 11.9. The molecule has 3 N–H and O–H groups in total. The zero-order valence-corrected chi connectivity index (χ0v) is 12.7. The summed E-state index contributed by atoms with van der Waals surface area (Å²) in [4.78, 5) is 23.7. The lowest BCUT2D eigenvalue weighted by atomic mass is 10.1. The van der Waals surface area contributed by atoms with Crippen molar-refractivity contribution < 1.29 is 9.59 Å². The highest BCUT2D eigenvalue weighted by molar-refractivity contribution is 5.79. The van der Waals surface area contributed by atoms with Crippen molar-refractivity contribution in [2.45, 2.75) is 57.4 Å². The van der Waals surface area contributed by atoms with Crippen LogP contribution in [0.5, 0.6) is 0 Å². The summed E-state index contributed by atoms with van der Waals surface area (Å²) in [5.41, 5.74) is 0. The molecule has 0 saturated heterocycles.